The van der Waals surface area contributed by atoms with Crippen molar-refractivity contribution in [2.24, 2.45) is 0 Å². The van der Waals surface area contributed by atoms with Gasteiger partial charge in [-0.2, -0.15) is 14.7 Å². The summed E-state index contributed by atoms with van der Waals surface area (Å²) < 4.78 is 1.42. The smallest absolute Gasteiger partial charge is 0.224 e. The van der Waals surface area contributed by atoms with Crippen LogP contribution in [0.2, 0.25) is 0 Å². The number of rotatable bonds is 2. The van der Waals surface area contributed by atoms with E-state index in [0.717, 1.165) is 0 Å². The molecule has 0 aliphatic rings. The highest BCUT2D eigenvalue weighted by molar-refractivity contribution is 5.82. The van der Waals surface area contributed by atoms with Crippen LogP contribution in [0.5, 0.6) is 0 Å². The summed E-state index contributed by atoms with van der Waals surface area (Å²) in [6, 6.07) is 0. The van der Waals surface area contributed by atoms with E-state index in [2.05, 4.69) is 15.0 Å². The zero-order valence-corrected chi connectivity index (χ0v) is 7.64. The molecule has 4 N–H and O–H groups in total. The van der Waals surface area contributed by atoms with E-state index in [-0.39, 0.29) is 11.8 Å². The molecule has 0 aromatic carbocycles. The predicted octanol–water partition coefficient (Wildman–Crippen LogP) is -0.561. The Morgan fingerprint density at radius 2 is 2.21 bits per heavy atom. The Bertz CT molecular complexity index is 464. The Kier molecular flexibility index (Phi) is 1.84. The van der Waals surface area contributed by atoms with Gasteiger partial charge in [-0.1, -0.05) is 0 Å². The molecule has 0 bridgehead atoms. The molecule has 0 saturated carbocycles. The molecular formula is C7H10N6O. The lowest BCUT2D eigenvalue weighted by Gasteiger charge is -2.03. The maximum absolute atomic E-state index is 5.60. The van der Waals surface area contributed by atoms with Gasteiger partial charge in [0, 0.05) is 0 Å². The van der Waals surface area contributed by atoms with Gasteiger partial charge in [-0.05, 0) is 6.92 Å². The van der Waals surface area contributed by atoms with Crippen LogP contribution in [0.1, 0.15) is 6.92 Å². The minimum Gasteiger partial charge on any atom is -0.411 e. The van der Waals surface area contributed by atoms with E-state index in [1.165, 1.54) is 11.1 Å². The SMILES string of the molecule is CCOn1cnc2c(N)nc(N)nc21. The van der Waals surface area contributed by atoms with Gasteiger partial charge in [0.1, 0.15) is 12.9 Å². The highest BCUT2D eigenvalue weighted by Gasteiger charge is 2.09. The van der Waals surface area contributed by atoms with Crippen molar-refractivity contribution in [1.29, 1.82) is 0 Å². The third-order valence-electron chi connectivity index (χ3n) is 1.68. The summed E-state index contributed by atoms with van der Waals surface area (Å²) in [5, 5.41) is 0. The molecule has 7 nitrogen and oxygen atoms in total. The van der Waals surface area contributed by atoms with Gasteiger partial charge in [0.15, 0.2) is 11.3 Å². The van der Waals surface area contributed by atoms with Crippen molar-refractivity contribution in [3.8, 4) is 0 Å². The summed E-state index contributed by atoms with van der Waals surface area (Å²) in [6.45, 7) is 2.37. The Hall–Kier alpha value is -2.05. The fraction of sp³-hybridized carbons (Fsp3) is 0.286. The first-order chi connectivity index (χ1) is 6.72. The van der Waals surface area contributed by atoms with Crippen molar-refractivity contribution < 1.29 is 4.84 Å². The summed E-state index contributed by atoms with van der Waals surface area (Å²) in [7, 11) is 0. The fourth-order valence-corrected chi connectivity index (χ4v) is 1.15. The number of nitrogens with zero attached hydrogens (tertiary/aromatic N) is 4. The molecule has 0 atom stereocenters. The molecule has 2 heterocycles. The second-order valence-electron chi connectivity index (χ2n) is 2.63. The maximum atomic E-state index is 5.60. The van der Waals surface area contributed by atoms with Crippen LogP contribution in [0.3, 0.4) is 0 Å². The van der Waals surface area contributed by atoms with Gasteiger partial charge >= 0.3 is 0 Å². The van der Waals surface area contributed by atoms with Crippen molar-refractivity contribution in [3.05, 3.63) is 6.33 Å². The Morgan fingerprint density at radius 3 is 2.93 bits per heavy atom. The second-order valence-corrected chi connectivity index (χ2v) is 2.63. The first kappa shape index (κ1) is 8.54. The van der Waals surface area contributed by atoms with Crippen LogP contribution < -0.4 is 16.3 Å². The molecule has 74 valence electrons. The number of hydrogen-bond donors (Lipinski definition) is 2. The molecule has 0 spiro atoms. The lowest BCUT2D eigenvalue weighted by molar-refractivity contribution is 0.129. The number of fused-ring (bicyclic) bond motifs is 1. The van der Waals surface area contributed by atoms with E-state index in [1.54, 1.807) is 0 Å². The van der Waals surface area contributed by atoms with Crippen molar-refractivity contribution in [2.75, 3.05) is 18.1 Å². The van der Waals surface area contributed by atoms with E-state index < -0.39 is 0 Å². The average molecular weight is 194 g/mol. The summed E-state index contributed by atoms with van der Waals surface area (Å²) in [5.74, 6) is 0.363. The van der Waals surface area contributed by atoms with Gasteiger partial charge in [0.05, 0.1) is 0 Å². The van der Waals surface area contributed by atoms with Gasteiger partial charge in [0.2, 0.25) is 11.6 Å². The van der Waals surface area contributed by atoms with Gasteiger partial charge in [-0.3, -0.25) is 0 Å². The van der Waals surface area contributed by atoms with Crippen LogP contribution in [0.4, 0.5) is 11.8 Å². The largest absolute Gasteiger partial charge is 0.411 e. The molecule has 0 aliphatic heterocycles. The van der Waals surface area contributed by atoms with Crippen molar-refractivity contribution in [2.45, 2.75) is 6.92 Å². The molecule has 14 heavy (non-hydrogen) atoms. The Balaban J connectivity index is 2.66. The number of aromatic nitrogens is 4. The lowest BCUT2D eigenvalue weighted by Crippen LogP contribution is -2.11. The molecule has 2 aromatic rings. The third kappa shape index (κ3) is 1.18. The number of anilines is 2. The van der Waals surface area contributed by atoms with E-state index in [9.17, 15) is 0 Å². The van der Waals surface area contributed by atoms with Crippen LogP contribution in [-0.2, 0) is 0 Å². The normalized spacial score (nSPS) is 10.6. The monoisotopic (exact) mass is 194 g/mol. The number of hydrogen-bond acceptors (Lipinski definition) is 6. The Morgan fingerprint density at radius 1 is 1.43 bits per heavy atom. The van der Waals surface area contributed by atoms with Crippen molar-refractivity contribution in [1.82, 2.24) is 19.7 Å². The van der Waals surface area contributed by atoms with E-state index >= 15 is 0 Å². The molecule has 0 aliphatic carbocycles. The van der Waals surface area contributed by atoms with Gasteiger partial charge in [-0.15, -0.1) is 0 Å². The summed E-state index contributed by atoms with van der Waals surface area (Å²) in [4.78, 5) is 17.0. The highest BCUT2D eigenvalue weighted by atomic mass is 16.7. The number of imidazole rings is 1. The van der Waals surface area contributed by atoms with Crippen molar-refractivity contribution in [3.63, 3.8) is 0 Å². The maximum Gasteiger partial charge on any atom is 0.224 e. The Labute approximate surface area is 79.7 Å². The predicted molar refractivity (Wildman–Crippen MR) is 51.3 cm³/mol. The minimum absolute atomic E-state index is 0.108. The molecule has 0 radical (unpaired) electrons. The van der Waals surface area contributed by atoms with Crippen LogP contribution in [-0.4, -0.2) is 26.3 Å². The zero-order valence-electron chi connectivity index (χ0n) is 7.64. The topological polar surface area (TPSA) is 105 Å². The molecule has 0 fully saturated rings. The lowest BCUT2D eigenvalue weighted by atomic mass is 10.5. The molecule has 0 unspecified atom stereocenters. The number of nitrogen functional groups attached to an aromatic ring is 2. The minimum atomic E-state index is 0.108. The summed E-state index contributed by atoms with van der Waals surface area (Å²) in [6.07, 6.45) is 1.48. The quantitative estimate of drug-likeness (QED) is 0.663. The standard InChI is InChI=1S/C7H10N6O/c1-2-14-13-3-10-4-5(8)11-7(9)12-6(4)13/h3H,2H2,1H3,(H4,8,9,11,12). The second kappa shape index (κ2) is 3.02. The molecule has 7 heteroatoms. The summed E-state index contributed by atoms with van der Waals surface area (Å²) >= 11 is 0. The third-order valence-corrected chi connectivity index (χ3v) is 1.68. The highest BCUT2D eigenvalue weighted by Crippen LogP contribution is 2.15. The fourth-order valence-electron chi connectivity index (χ4n) is 1.15. The van der Waals surface area contributed by atoms with Crippen LogP contribution in [0.25, 0.3) is 11.2 Å². The molecule has 0 saturated heterocycles. The van der Waals surface area contributed by atoms with Crippen LogP contribution in [0, 0.1) is 0 Å². The first-order valence-electron chi connectivity index (χ1n) is 4.11. The van der Waals surface area contributed by atoms with Gasteiger partial charge in [0.25, 0.3) is 0 Å². The summed E-state index contributed by atoms with van der Waals surface area (Å²) in [5.41, 5.74) is 12.0. The molecule has 0 amide bonds. The van der Waals surface area contributed by atoms with E-state index in [0.29, 0.717) is 17.8 Å². The molecule has 2 aromatic heterocycles. The van der Waals surface area contributed by atoms with Gasteiger partial charge < -0.3 is 16.3 Å². The number of nitrogens with two attached hydrogens (primary N) is 2. The van der Waals surface area contributed by atoms with E-state index in [1.807, 2.05) is 6.92 Å². The van der Waals surface area contributed by atoms with Crippen LogP contribution >= 0.6 is 0 Å². The zero-order chi connectivity index (χ0) is 10.1. The van der Waals surface area contributed by atoms with E-state index in [4.69, 9.17) is 16.3 Å². The average Bonchev–Trinajstić information content (AvgIpc) is 2.49. The molecule has 2 rings (SSSR count). The van der Waals surface area contributed by atoms with Gasteiger partial charge in [-0.25, -0.2) is 4.98 Å². The van der Waals surface area contributed by atoms with Crippen molar-refractivity contribution >= 4 is 22.9 Å². The first-order valence-corrected chi connectivity index (χ1v) is 4.11. The molecular weight excluding hydrogens is 184 g/mol. The van der Waals surface area contributed by atoms with Crippen LogP contribution in [0.15, 0.2) is 6.33 Å².